The van der Waals surface area contributed by atoms with Crippen molar-refractivity contribution in [3.63, 3.8) is 0 Å². The molecule has 0 aliphatic carbocycles. The first-order valence-electron chi connectivity index (χ1n) is 7.36. The van der Waals surface area contributed by atoms with Crippen molar-refractivity contribution in [3.8, 4) is 11.3 Å². The quantitative estimate of drug-likeness (QED) is 0.771. The van der Waals surface area contributed by atoms with Gasteiger partial charge in [0.15, 0.2) is 5.82 Å². The molecule has 0 aliphatic rings. The molecular formula is C17H16N4O3. The van der Waals surface area contributed by atoms with Gasteiger partial charge in [0.1, 0.15) is 11.5 Å². The second-order valence-corrected chi connectivity index (χ2v) is 5.56. The van der Waals surface area contributed by atoms with E-state index in [0.717, 1.165) is 16.7 Å². The van der Waals surface area contributed by atoms with E-state index in [0.29, 0.717) is 11.5 Å². The van der Waals surface area contributed by atoms with E-state index in [9.17, 15) is 9.59 Å². The number of carbonyl (C=O) groups is 1. The van der Waals surface area contributed by atoms with E-state index in [1.54, 1.807) is 13.0 Å². The number of H-pyrrole nitrogens is 1. The molecule has 7 nitrogen and oxygen atoms in total. The molecule has 0 radical (unpaired) electrons. The first kappa shape index (κ1) is 15.7. The number of benzene rings is 1. The van der Waals surface area contributed by atoms with Gasteiger partial charge in [0, 0.05) is 11.6 Å². The number of nitrogens with zero attached hydrogens (tertiary/aromatic N) is 2. The maximum absolute atomic E-state index is 12.3. The number of aromatic nitrogens is 3. The van der Waals surface area contributed by atoms with Crippen LogP contribution in [-0.2, 0) is 0 Å². The summed E-state index contributed by atoms with van der Waals surface area (Å²) < 4.78 is 4.89. The molecule has 122 valence electrons. The lowest BCUT2D eigenvalue weighted by molar-refractivity contribution is 0.102. The molecule has 7 heteroatoms. The Labute approximate surface area is 137 Å². The summed E-state index contributed by atoms with van der Waals surface area (Å²) in [6.45, 7) is 5.70. The van der Waals surface area contributed by atoms with Gasteiger partial charge in [-0.05, 0) is 44.0 Å². The average Bonchev–Trinajstić information content (AvgIpc) is 2.94. The van der Waals surface area contributed by atoms with Gasteiger partial charge in [0.2, 0.25) is 0 Å². The van der Waals surface area contributed by atoms with E-state index in [2.05, 4.69) is 20.4 Å². The van der Waals surface area contributed by atoms with Crippen LogP contribution in [-0.4, -0.2) is 21.0 Å². The van der Waals surface area contributed by atoms with Gasteiger partial charge in [-0.2, -0.15) is 4.98 Å². The maximum Gasteiger partial charge on any atom is 0.346 e. The maximum atomic E-state index is 12.3. The predicted molar refractivity (Wildman–Crippen MR) is 89.0 cm³/mol. The van der Waals surface area contributed by atoms with Gasteiger partial charge in [0.05, 0.1) is 5.69 Å². The van der Waals surface area contributed by atoms with Gasteiger partial charge in [0.25, 0.3) is 5.91 Å². The normalized spacial score (nSPS) is 10.6. The molecular weight excluding hydrogens is 308 g/mol. The number of hydrogen-bond acceptors (Lipinski definition) is 5. The second kappa shape index (κ2) is 6.11. The molecule has 0 aliphatic heterocycles. The molecule has 0 spiro atoms. The van der Waals surface area contributed by atoms with Crippen molar-refractivity contribution >= 4 is 11.7 Å². The molecule has 0 saturated heterocycles. The minimum atomic E-state index is -0.591. The van der Waals surface area contributed by atoms with Crippen LogP contribution in [0.4, 0.5) is 5.82 Å². The summed E-state index contributed by atoms with van der Waals surface area (Å²) in [4.78, 5) is 30.5. The summed E-state index contributed by atoms with van der Waals surface area (Å²) in [5.41, 5.74) is 2.94. The fourth-order valence-corrected chi connectivity index (χ4v) is 2.24. The van der Waals surface area contributed by atoms with Gasteiger partial charge in [-0.25, -0.2) is 4.79 Å². The lowest BCUT2D eigenvalue weighted by atomic mass is 10.0. The van der Waals surface area contributed by atoms with Crippen LogP contribution in [0.25, 0.3) is 11.3 Å². The van der Waals surface area contributed by atoms with Crippen molar-refractivity contribution in [1.29, 1.82) is 0 Å². The number of hydrogen-bond donors (Lipinski definition) is 2. The molecule has 24 heavy (non-hydrogen) atoms. The lowest BCUT2D eigenvalue weighted by Gasteiger charge is -2.06. The fourth-order valence-electron chi connectivity index (χ4n) is 2.24. The molecule has 3 rings (SSSR count). The van der Waals surface area contributed by atoms with Crippen LogP contribution in [0.1, 0.15) is 27.4 Å². The fraction of sp³-hybridized carbons (Fsp3) is 0.176. The van der Waals surface area contributed by atoms with E-state index in [-0.39, 0.29) is 11.5 Å². The Kier molecular flexibility index (Phi) is 3.99. The Morgan fingerprint density at radius 3 is 2.58 bits per heavy atom. The zero-order valence-electron chi connectivity index (χ0n) is 13.5. The number of carbonyl (C=O) groups excluding carboxylic acids is 1. The number of anilines is 1. The van der Waals surface area contributed by atoms with Crippen molar-refractivity contribution in [1.82, 2.24) is 15.1 Å². The summed E-state index contributed by atoms with van der Waals surface area (Å²) in [6, 6.07) is 8.87. The number of amides is 1. The van der Waals surface area contributed by atoms with Gasteiger partial charge >= 0.3 is 5.69 Å². The molecule has 0 atom stereocenters. The lowest BCUT2D eigenvalue weighted by Crippen LogP contribution is -2.21. The largest absolute Gasteiger partial charge is 0.360 e. The van der Waals surface area contributed by atoms with Crippen LogP contribution >= 0.6 is 0 Å². The third-order valence-corrected chi connectivity index (χ3v) is 3.66. The third kappa shape index (κ3) is 3.24. The zero-order valence-corrected chi connectivity index (χ0v) is 13.5. The molecule has 2 N–H and O–H groups in total. The molecule has 1 aromatic carbocycles. The smallest absolute Gasteiger partial charge is 0.346 e. The first-order valence-corrected chi connectivity index (χ1v) is 7.36. The third-order valence-electron chi connectivity index (χ3n) is 3.66. The number of nitrogens with one attached hydrogen (secondary N) is 2. The van der Waals surface area contributed by atoms with Crippen molar-refractivity contribution in [2.75, 3.05) is 5.32 Å². The summed E-state index contributed by atoms with van der Waals surface area (Å²) in [5.74, 6) is 0.361. The van der Waals surface area contributed by atoms with E-state index in [1.165, 1.54) is 6.07 Å². The van der Waals surface area contributed by atoms with Crippen molar-refractivity contribution in [2.45, 2.75) is 20.8 Å². The van der Waals surface area contributed by atoms with Crippen LogP contribution in [0.5, 0.6) is 0 Å². The van der Waals surface area contributed by atoms with Gasteiger partial charge in [-0.15, -0.1) is 0 Å². The highest BCUT2D eigenvalue weighted by molar-refractivity contribution is 6.02. The van der Waals surface area contributed by atoms with Crippen molar-refractivity contribution in [2.24, 2.45) is 0 Å². The first-order chi connectivity index (χ1) is 11.4. The highest BCUT2D eigenvalue weighted by Gasteiger charge is 2.13. The zero-order chi connectivity index (χ0) is 17.3. The molecule has 1 amide bonds. The molecule has 0 fully saturated rings. The summed E-state index contributed by atoms with van der Waals surface area (Å²) in [7, 11) is 0. The Morgan fingerprint density at radius 1 is 1.12 bits per heavy atom. The van der Waals surface area contributed by atoms with Gasteiger partial charge < -0.3 is 14.8 Å². The highest BCUT2D eigenvalue weighted by Crippen LogP contribution is 2.20. The molecule has 3 aromatic rings. The van der Waals surface area contributed by atoms with E-state index in [1.807, 2.05) is 32.0 Å². The number of aryl methyl sites for hydroxylation is 3. The summed E-state index contributed by atoms with van der Waals surface area (Å²) in [6.07, 6.45) is 0. The monoisotopic (exact) mass is 324 g/mol. The molecule has 2 heterocycles. The second-order valence-electron chi connectivity index (χ2n) is 5.56. The van der Waals surface area contributed by atoms with Gasteiger partial charge in [-0.3, -0.25) is 4.79 Å². The van der Waals surface area contributed by atoms with E-state index < -0.39 is 11.6 Å². The van der Waals surface area contributed by atoms with Crippen molar-refractivity contribution < 1.29 is 9.32 Å². The molecule has 0 saturated carbocycles. The Hall–Kier alpha value is -3.22. The van der Waals surface area contributed by atoms with Crippen LogP contribution in [0, 0.1) is 20.8 Å². The summed E-state index contributed by atoms with van der Waals surface area (Å²) >= 11 is 0. The topological polar surface area (TPSA) is 101 Å². The molecule has 0 unspecified atom stereocenters. The van der Waals surface area contributed by atoms with E-state index >= 15 is 0 Å². The van der Waals surface area contributed by atoms with Crippen LogP contribution in [0.2, 0.25) is 0 Å². The van der Waals surface area contributed by atoms with Crippen LogP contribution in [0.3, 0.4) is 0 Å². The minimum absolute atomic E-state index is 0.101. The number of rotatable bonds is 3. The molecule has 0 bridgehead atoms. The van der Waals surface area contributed by atoms with Crippen LogP contribution < -0.4 is 11.0 Å². The standard InChI is InChI=1S/C17H16N4O3/c1-9-4-5-12(6-10(9)2)13-8-14(19-17(23)18-13)16(22)20-15-7-11(3)24-21-15/h4-8H,1-3H3,(H,18,19,23)(H,20,21,22). The summed E-state index contributed by atoms with van der Waals surface area (Å²) in [5, 5.41) is 6.25. The Bertz CT molecular complexity index is 972. The minimum Gasteiger partial charge on any atom is -0.360 e. The highest BCUT2D eigenvalue weighted by atomic mass is 16.5. The predicted octanol–water partition coefficient (Wildman–Crippen LogP) is 2.60. The average molecular weight is 324 g/mol. The van der Waals surface area contributed by atoms with E-state index in [4.69, 9.17) is 4.52 Å². The Morgan fingerprint density at radius 2 is 1.92 bits per heavy atom. The number of aromatic amines is 1. The SMILES string of the molecule is Cc1cc(NC(=O)c2cc(-c3ccc(C)c(C)c3)nc(=O)[nH]2)no1. The Balaban J connectivity index is 1.95. The molecule has 2 aromatic heterocycles. The van der Waals surface area contributed by atoms with Gasteiger partial charge in [-0.1, -0.05) is 17.3 Å². The van der Waals surface area contributed by atoms with Crippen molar-refractivity contribution in [3.05, 3.63) is 63.4 Å². The van der Waals surface area contributed by atoms with Crippen LogP contribution in [0.15, 0.2) is 39.6 Å².